The standard InChI is InChI=1S/C19H27BF2O6/c1-17(2,3)26-15(23)14-12(24-8)9-11(10-13(14)25-16(21)22)20-27-18(4,5)19(6,7)28-20/h9-10,16H,1-8H3. The van der Waals surface area contributed by atoms with E-state index in [0.717, 1.165) is 0 Å². The Labute approximate surface area is 164 Å². The van der Waals surface area contributed by atoms with Crippen LogP contribution in [-0.2, 0) is 14.0 Å². The summed E-state index contributed by atoms with van der Waals surface area (Å²) in [5.74, 6) is -1.18. The van der Waals surface area contributed by atoms with E-state index in [-0.39, 0.29) is 17.1 Å². The van der Waals surface area contributed by atoms with E-state index in [4.69, 9.17) is 18.8 Å². The van der Waals surface area contributed by atoms with Crippen molar-refractivity contribution < 1.29 is 37.1 Å². The van der Waals surface area contributed by atoms with Crippen LogP contribution in [0.5, 0.6) is 11.5 Å². The van der Waals surface area contributed by atoms with Gasteiger partial charge in [0.1, 0.15) is 22.7 Å². The molecule has 1 aliphatic heterocycles. The highest BCUT2D eigenvalue weighted by atomic mass is 19.3. The van der Waals surface area contributed by atoms with Gasteiger partial charge in [0, 0.05) is 0 Å². The van der Waals surface area contributed by atoms with Crippen molar-refractivity contribution in [1.29, 1.82) is 0 Å². The summed E-state index contributed by atoms with van der Waals surface area (Å²) in [5, 5.41) is 0. The van der Waals surface area contributed by atoms with E-state index in [0.29, 0.717) is 5.46 Å². The Morgan fingerprint density at radius 1 is 1.07 bits per heavy atom. The topological polar surface area (TPSA) is 63.2 Å². The van der Waals surface area contributed by atoms with Crippen molar-refractivity contribution in [3.05, 3.63) is 17.7 Å². The third-order valence-corrected chi connectivity index (χ3v) is 4.65. The SMILES string of the molecule is COc1cc(B2OC(C)(C)C(C)(C)O2)cc(OC(F)F)c1C(=O)OC(C)(C)C. The number of carbonyl (C=O) groups excluding carboxylic acids is 1. The van der Waals surface area contributed by atoms with E-state index in [1.165, 1.54) is 19.2 Å². The van der Waals surface area contributed by atoms with Crippen molar-refractivity contribution in [2.45, 2.75) is 71.9 Å². The lowest BCUT2D eigenvalue weighted by Crippen LogP contribution is -2.41. The lowest BCUT2D eigenvalue weighted by molar-refractivity contribution is -0.0509. The van der Waals surface area contributed by atoms with Crippen LogP contribution >= 0.6 is 0 Å². The molecule has 0 aliphatic carbocycles. The maximum Gasteiger partial charge on any atom is 0.495 e. The summed E-state index contributed by atoms with van der Waals surface area (Å²) >= 11 is 0. The molecule has 0 saturated carbocycles. The Bertz CT molecular complexity index is 727. The Morgan fingerprint density at radius 2 is 1.57 bits per heavy atom. The van der Waals surface area contributed by atoms with Crippen LogP contribution in [0.2, 0.25) is 0 Å². The third-order valence-electron chi connectivity index (χ3n) is 4.65. The van der Waals surface area contributed by atoms with Crippen molar-refractivity contribution in [3.63, 3.8) is 0 Å². The largest absolute Gasteiger partial charge is 0.496 e. The van der Waals surface area contributed by atoms with Gasteiger partial charge in [-0.05, 0) is 66.1 Å². The number of ether oxygens (including phenoxy) is 3. The van der Waals surface area contributed by atoms with E-state index < -0.39 is 36.5 Å². The quantitative estimate of drug-likeness (QED) is 0.557. The van der Waals surface area contributed by atoms with E-state index in [2.05, 4.69) is 4.74 Å². The van der Waals surface area contributed by atoms with Crippen molar-refractivity contribution in [1.82, 2.24) is 0 Å². The van der Waals surface area contributed by atoms with Crippen LogP contribution in [0.3, 0.4) is 0 Å². The van der Waals surface area contributed by atoms with Gasteiger partial charge in [0.05, 0.1) is 18.3 Å². The highest BCUT2D eigenvalue weighted by Gasteiger charge is 2.52. The number of halogens is 2. The van der Waals surface area contributed by atoms with Crippen molar-refractivity contribution in [2.24, 2.45) is 0 Å². The smallest absolute Gasteiger partial charge is 0.495 e. The first-order valence-corrected chi connectivity index (χ1v) is 8.92. The van der Waals surface area contributed by atoms with E-state index in [9.17, 15) is 13.6 Å². The second kappa shape index (κ2) is 7.52. The van der Waals surface area contributed by atoms with Crippen LogP contribution < -0.4 is 14.9 Å². The van der Waals surface area contributed by atoms with Gasteiger partial charge in [0.2, 0.25) is 0 Å². The first kappa shape index (κ1) is 22.4. The number of methoxy groups -OCH3 is 1. The molecule has 0 radical (unpaired) electrons. The maximum atomic E-state index is 13.0. The lowest BCUT2D eigenvalue weighted by atomic mass is 9.78. The summed E-state index contributed by atoms with van der Waals surface area (Å²) in [6.07, 6.45) is 0. The maximum absolute atomic E-state index is 13.0. The third kappa shape index (κ3) is 4.75. The normalized spacial score (nSPS) is 18.3. The molecule has 1 fully saturated rings. The molecule has 0 bridgehead atoms. The fourth-order valence-corrected chi connectivity index (χ4v) is 2.61. The Morgan fingerprint density at radius 3 is 2.00 bits per heavy atom. The van der Waals surface area contributed by atoms with Gasteiger partial charge in [-0.25, -0.2) is 4.79 Å². The van der Waals surface area contributed by atoms with Gasteiger partial charge < -0.3 is 23.5 Å². The molecule has 1 aromatic carbocycles. The monoisotopic (exact) mass is 400 g/mol. The Kier molecular flexibility index (Phi) is 6.02. The van der Waals surface area contributed by atoms with Gasteiger partial charge in [-0.2, -0.15) is 8.78 Å². The Balaban J connectivity index is 2.53. The molecule has 0 atom stereocenters. The number of alkyl halides is 2. The number of hydrogen-bond acceptors (Lipinski definition) is 6. The highest BCUT2D eigenvalue weighted by molar-refractivity contribution is 6.62. The zero-order chi connectivity index (χ0) is 21.5. The van der Waals surface area contributed by atoms with Gasteiger partial charge in [0.25, 0.3) is 0 Å². The second-order valence-corrected chi connectivity index (χ2v) is 8.56. The fraction of sp³-hybridized carbons (Fsp3) is 0.632. The number of benzene rings is 1. The summed E-state index contributed by atoms with van der Waals surface area (Å²) in [5.41, 5.74) is -1.91. The first-order valence-electron chi connectivity index (χ1n) is 8.92. The number of rotatable bonds is 5. The van der Waals surface area contributed by atoms with E-state index in [1.54, 1.807) is 20.8 Å². The predicted molar refractivity (Wildman–Crippen MR) is 101 cm³/mol. The molecule has 9 heteroatoms. The van der Waals surface area contributed by atoms with Crippen LogP contribution in [0.15, 0.2) is 12.1 Å². The molecule has 6 nitrogen and oxygen atoms in total. The van der Waals surface area contributed by atoms with Crippen LogP contribution in [0.1, 0.15) is 58.8 Å². The molecule has 28 heavy (non-hydrogen) atoms. The number of carbonyl (C=O) groups is 1. The molecule has 2 rings (SSSR count). The minimum Gasteiger partial charge on any atom is -0.496 e. The number of hydrogen-bond donors (Lipinski definition) is 0. The van der Waals surface area contributed by atoms with Gasteiger partial charge in [-0.1, -0.05) is 0 Å². The molecule has 0 spiro atoms. The zero-order valence-corrected chi connectivity index (χ0v) is 17.5. The van der Waals surface area contributed by atoms with Crippen LogP contribution in [-0.4, -0.2) is 43.6 Å². The highest BCUT2D eigenvalue weighted by Crippen LogP contribution is 2.38. The fourth-order valence-electron chi connectivity index (χ4n) is 2.61. The molecule has 1 heterocycles. The predicted octanol–water partition coefficient (Wildman–Crippen LogP) is 3.55. The minimum absolute atomic E-state index is 0.0251. The van der Waals surface area contributed by atoms with Crippen LogP contribution in [0.4, 0.5) is 8.78 Å². The summed E-state index contributed by atoms with van der Waals surface area (Å²) in [4.78, 5) is 12.6. The Hall–Kier alpha value is -1.87. The number of esters is 1. The van der Waals surface area contributed by atoms with Gasteiger partial charge in [-0.15, -0.1) is 0 Å². The summed E-state index contributed by atoms with van der Waals surface area (Å²) in [6, 6.07) is 2.79. The lowest BCUT2D eigenvalue weighted by Gasteiger charge is -2.32. The summed E-state index contributed by atoms with van der Waals surface area (Å²) in [6.45, 7) is 9.36. The zero-order valence-electron chi connectivity index (χ0n) is 17.5. The molecule has 0 amide bonds. The molecule has 0 N–H and O–H groups in total. The summed E-state index contributed by atoms with van der Waals surface area (Å²) in [7, 11) is 0.482. The van der Waals surface area contributed by atoms with Gasteiger partial charge in [0.15, 0.2) is 0 Å². The average molecular weight is 400 g/mol. The first-order chi connectivity index (χ1) is 12.7. The van der Waals surface area contributed by atoms with Crippen LogP contribution in [0.25, 0.3) is 0 Å². The van der Waals surface area contributed by atoms with E-state index in [1.807, 2.05) is 27.7 Å². The molecular weight excluding hydrogens is 373 g/mol. The molecule has 1 saturated heterocycles. The van der Waals surface area contributed by atoms with Crippen molar-refractivity contribution >= 4 is 18.6 Å². The van der Waals surface area contributed by atoms with Crippen LogP contribution in [0, 0.1) is 0 Å². The molecule has 0 unspecified atom stereocenters. The molecular formula is C19H27BF2O6. The molecule has 156 valence electrons. The second-order valence-electron chi connectivity index (χ2n) is 8.56. The van der Waals surface area contributed by atoms with Gasteiger partial charge in [-0.3, -0.25) is 0 Å². The average Bonchev–Trinajstić information content (AvgIpc) is 2.72. The molecule has 1 aromatic rings. The minimum atomic E-state index is -3.14. The van der Waals surface area contributed by atoms with Gasteiger partial charge >= 0.3 is 19.7 Å². The van der Waals surface area contributed by atoms with Crippen molar-refractivity contribution in [3.8, 4) is 11.5 Å². The van der Waals surface area contributed by atoms with Crippen molar-refractivity contribution in [2.75, 3.05) is 7.11 Å². The van der Waals surface area contributed by atoms with E-state index >= 15 is 0 Å². The summed E-state index contributed by atoms with van der Waals surface area (Å²) < 4.78 is 53.1. The molecule has 1 aliphatic rings. The molecule has 0 aromatic heterocycles.